The number of benzene rings is 1. The number of nitrogens with zero attached hydrogens (tertiary/aromatic N) is 1. The van der Waals surface area contributed by atoms with Crippen molar-refractivity contribution in [3.63, 3.8) is 0 Å². The molecular weight excluding hydrogens is 224 g/mol. The van der Waals surface area contributed by atoms with Gasteiger partial charge in [0.05, 0.1) is 5.92 Å². The molecule has 0 saturated carbocycles. The molecule has 1 aromatic carbocycles. The van der Waals surface area contributed by atoms with E-state index in [1.807, 2.05) is 17.0 Å². The Hall–Kier alpha value is -1.35. The van der Waals surface area contributed by atoms with Gasteiger partial charge in [-0.25, -0.2) is 0 Å². The fourth-order valence-corrected chi connectivity index (χ4v) is 3.22. The number of nitrogens with two attached hydrogens (primary N) is 1. The summed E-state index contributed by atoms with van der Waals surface area (Å²) in [5.74, 6) is 0.395. The molecule has 0 radical (unpaired) electrons. The van der Waals surface area contributed by atoms with Crippen LogP contribution in [0.15, 0.2) is 24.3 Å². The average Bonchev–Trinajstić information content (AvgIpc) is 2.30. The van der Waals surface area contributed by atoms with Crippen molar-refractivity contribution in [3.05, 3.63) is 35.4 Å². The zero-order chi connectivity index (χ0) is 12.7. The molecule has 2 aliphatic rings. The molecule has 3 heteroatoms. The molecule has 1 fully saturated rings. The topological polar surface area (TPSA) is 46.3 Å². The number of piperidine rings is 1. The summed E-state index contributed by atoms with van der Waals surface area (Å²) in [6, 6.07) is 8.82. The number of amides is 1. The number of hydrogen-bond acceptors (Lipinski definition) is 2. The summed E-state index contributed by atoms with van der Waals surface area (Å²) in [5, 5.41) is 0. The molecular formula is C15H20N2O. The van der Waals surface area contributed by atoms with Gasteiger partial charge in [-0.2, -0.15) is 0 Å². The highest BCUT2D eigenvalue weighted by atomic mass is 16.2. The quantitative estimate of drug-likeness (QED) is 0.816. The molecule has 2 N–H and O–H groups in total. The standard InChI is InChI=1S/C15H20N2O/c1-10-8-12(16)6-7-17(10)15(18)14-9-11-4-2-3-5-13(11)14/h2-5,10,12,14H,6-9,16H2,1H3. The monoisotopic (exact) mass is 244 g/mol. The van der Waals surface area contributed by atoms with Gasteiger partial charge in [-0.15, -0.1) is 0 Å². The summed E-state index contributed by atoms with van der Waals surface area (Å²) in [6.45, 7) is 2.93. The highest BCUT2D eigenvalue weighted by Gasteiger charge is 2.37. The first kappa shape index (κ1) is 11.7. The van der Waals surface area contributed by atoms with Gasteiger partial charge in [0.25, 0.3) is 0 Å². The first-order chi connectivity index (χ1) is 8.66. The Morgan fingerprint density at radius 2 is 2.17 bits per heavy atom. The number of carbonyl (C=O) groups excluding carboxylic acids is 1. The van der Waals surface area contributed by atoms with Gasteiger partial charge in [-0.3, -0.25) is 4.79 Å². The second-order valence-corrected chi connectivity index (χ2v) is 5.62. The summed E-state index contributed by atoms with van der Waals surface area (Å²) < 4.78 is 0. The van der Waals surface area contributed by atoms with Crippen LogP contribution in [0.2, 0.25) is 0 Å². The molecule has 0 spiro atoms. The van der Waals surface area contributed by atoms with Crippen LogP contribution in [-0.2, 0) is 11.2 Å². The predicted molar refractivity (Wildman–Crippen MR) is 71.3 cm³/mol. The van der Waals surface area contributed by atoms with Gasteiger partial charge in [-0.1, -0.05) is 24.3 Å². The maximum Gasteiger partial charge on any atom is 0.230 e. The number of carbonyl (C=O) groups is 1. The second kappa shape index (κ2) is 4.39. The lowest BCUT2D eigenvalue weighted by atomic mass is 9.76. The molecule has 3 nitrogen and oxygen atoms in total. The number of hydrogen-bond donors (Lipinski definition) is 1. The van der Waals surface area contributed by atoms with Crippen molar-refractivity contribution in [1.29, 1.82) is 0 Å². The van der Waals surface area contributed by atoms with Crippen LogP contribution < -0.4 is 5.73 Å². The van der Waals surface area contributed by atoms with Crippen LogP contribution in [0.1, 0.15) is 36.8 Å². The van der Waals surface area contributed by atoms with Gasteiger partial charge >= 0.3 is 0 Å². The van der Waals surface area contributed by atoms with Gasteiger partial charge in [0.1, 0.15) is 0 Å². The van der Waals surface area contributed by atoms with Crippen LogP contribution >= 0.6 is 0 Å². The smallest absolute Gasteiger partial charge is 0.230 e. The van der Waals surface area contributed by atoms with Gasteiger partial charge in [0.2, 0.25) is 5.91 Å². The molecule has 1 heterocycles. The van der Waals surface area contributed by atoms with E-state index < -0.39 is 0 Å². The molecule has 0 aromatic heterocycles. The highest BCUT2D eigenvalue weighted by Crippen LogP contribution is 2.37. The van der Waals surface area contributed by atoms with E-state index in [0.717, 1.165) is 25.8 Å². The zero-order valence-corrected chi connectivity index (χ0v) is 10.8. The third-order valence-corrected chi connectivity index (χ3v) is 4.35. The number of fused-ring (bicyclic) bond motifs is 1. The van der Waals surface area contributed by atoms with E-state index in [1.54, 1.807) is 0 Å². The van der Waals surface area contributed by atoms with Crippen molar-refractivity contribution < 1.29 is 4.79 Å². The minimum absolute atomic E-state index is 0.0953. The van der Waals surface area contributed by atoms with E-state index in [0.29, 0.717) is 5.91 Å². The maximum atomic E-state index is 12.5. The van der Waals surface area contributed by atoms with Crippen molar-refractivity contribution in [2.24, 2.45) is 5.73 Å². The summed E-state index contributed by atoms with van der Waals surface area (Å²) >= 11 is 0. The molecule has 1 amide bonds. The van der Waals surface area contributed by atoms with E-state index in [-0.39, 0.29) is 18.0 Å². The van der Waals surface area contributed by atoms with Crippen molar-refractivity contribution in [2.75, 3.05) is 6.54 Å². The van der Waals surface area contributed by atoms with Crippen LogP contribution in [-0.4, -0.2) is 29.4 Å². The zero-order valence-electron chi connectivity index (χ0n) is 10.8. The fourth-order valence-electron chi connectivity index (χ4n) is 3.22. The van der Waals surface area contributed by atoms with Crippen molar-refractivity contribution in [3.8, 4) is 0 Å². The van der Waals surface area contributed by atoms with Crippen LogP contribution in [0.4, 0.5) is 0 Å². The van der Waals surface area contributed by atoms with E-state index >= 15 is 0 Å². The Morgan fingerprint density at radius 3 is 2.89 bits per heavy atom. The Bertz CT molecular complexity index is 471. The highest BCUT2D eigenvalue weighted by molar-refractivity contribution is 5.87. The molecule has 0 bridgehead atoms. The minimum Gasteiger partial charge on any atom is -0.339 e. The van der Waals surface area contributed by atoms with Crippen molar-refractivity contribution in [2.45, 2.75) is 44.2 Å². The second-order valence-electron chi connectivity index (χ2n) is 5.62. The summed E-state index contributed by atoms with van der Waals surface area (Å²) in [7, 11) is 0. The maximum absolute atomic E-state index is 12.5. The van der Waals surface area contributed by atoms with Crippen LogP contribution in [0.5, 0.6) is 0 Å². The molecule has 1 saturated heterocycles. The lowest BCUT2D eigenvalue weighted by molar-refractivity contribution is -0.136. The largest absolute Gasteiger partial charge is 0.339 e. The third-order valence-electron chi connectivity index (χ3n) is 4.35. The fraction of sp³-hybridized carbons (Fsp3) is 0.533. The SMILES string of the molecule is CC1CC(N)CCN1C(=O)C1Cc2ccccc21. The van der Waals surface area contributed by atoms with Gasteiger partial charge in [0.15, 0.2) is 0 Å². The van der Waals surface area contributed by atoms with E-state index in [2.05, 4.69) is 19.1 Å². The lowest BCUT2D eigenvalue weighted by Gasteiger charge is -2.41. The number of likely N-dealkylation sites (tertiary alicyclic amines) is 1. The molecule has 1 aliphatic heterocycles. The van der Waals surface area contributed by atoms with Crippen molar-refractivity contribution >= 4 is 5.91 Å². The third kappa shape index (κ3) is 1.83. The summed E-state index contributed by atoms with van der Waals surface area (Å²) in [5.41, 5.74) is 8.51. The molecule has 3 unspecified atom stereocenters. The van der Waals surface area contributed by atoms with Crippen molar-refractivity contribution in [1.82, 2.24) is 4.90 Å². The Balaban J connectivity index is 1.73. The minimum atomic E-state index is 0.0953. The Kier molecular flexibility index (Phi) is 2.86. The normalized spacial score (nSPS) is 30.6. The first-order valence-corrected chi connectivity index (χ1v) is 6.80. The number of rotatable bonds is 1. The predicted octanol–water partition coefficient (Wildman–Crippen LogP) is 1.66. The average molecular weight is 244 g/mol. The van der Waals surface area contributed by atoms with Crippen LogP contribution in [0.25, 0.3) is 0 Å². The van der Waals surface area contributed by atoms with Crippen LogP contribution in [0, 0.1) is 0 Å². The Morgan fingerprint density at radius 1 is 1.39 bits per heavy atom. The summed E-state index contributed by atoms with van der Waals surface area (Å²) in [6.07, 6.45) is 2.77. The van der Waals surface area contributed by atoms with E-state index in [4.69, 9.17) is 5.73 Å². The van der Waals surface area contributed by atoms with Gasteiger partial charge in [0, 0.05) is 18.6 Å². The molecule has 3 atom stereocenters. The van der Waals surface area contributed by atoms with Crippen LogP contribution in [0.3, 0.4) is 0 Å². The first-order valence-electron chi connectivity index (χ1n) is 6.80. The van der Waals surface area contributed by atoms with Gasteiger partial charge < -0.3 is 10.6 Å². The summed E-state index contributed by atoms with van der Waals surface area (Å²) in [4.78, 5) is 14.6. The molecule has 1 aromatic rings. The van der Waals surface area contributed by atoms with E-state index in [9.17, 15) is 4.79 Å². The molecule has 96 valence electrons. The molecule has 3 rings (SSSR count). The molecule has 18 heavy (non-hydrogen) atoms. The Labute approximate surface area is 108 Å². The van der Waals surface area contributed by atoms with Gasteiger partial charge in [-0.05, 0) is 37.3 Å². The van der Waals surface area contributed by atoms with E-state index in [1.165, 1.54) is 11.1 Å². The molecule has 1 aliphatic carbocycles. The lowest BCUT2D eigenvalue weighted by Crippen LogP contribution is -2.51.